The molecule has 1 aromatic rings. The first-order valence-corrected chi connectivity index (χ1v) is 8.82. The Morgan fingerprint density at radius 2 is 1.62 bits per heavy atom. The van der Waals surface area contributed by atoms with Gasteiger partial charge in [-0.1, -0.05) is 18.2 Å². The lowest BCUT2D eigenvalue weighted by Gasteiger charge is -2.25. The molecule has 0 fully saturated rings. The number of rotatable bonds is 7. The lowest BCUT2D eigenvalue weighted by molar-refractivity contribution is -0.158. The van der Waals surface area contributed by atoms with Crippen molar-refractivity contribution in [1.82, 2.24) is 5.32 Å². The fraction of sp³-hybridized carbons (Fsp3) is 0.600. The van der Waals surface area contributed by atoms with Gasteiger partial charge in [0.25, 0.3) is 0 Å². The lowest BCUT2D eigenvalue weighted by Crippen LogP contribution is -2.41. The summed E-state index contributed by atoms with van der Waals surface area (Å²) in [6, 6.07) is 6.20. The van der Waals surface area contributed by atoms with Crippen molar-refractivity contribution < 1.29 is 24.2 Å². The standard InChI is InChI=1S/C20H31NO5/c1-19(2,3)25-17(23)12-11-15(18(24)26-20(4,5)6)21-13-14-9-7-8-10-16(14)22/h7-10,15,21-22H,11-13H2,1-6H3/t15-/m0/s1. The molecule has 6 nitrogen and oxygen atoms in total. The van der Waals surface area contributed by atoms with Crippen molar-refractivity contribution in [3.05, 3.63) is 29.8 Å². The second-order valence-corrected chi connectivity index (χ2v) is 8.22. The number of carbonyl (C=O) groups is 2. The van der Waals surface area contributed by atoms with E-state index in [4.69, 9.17) is 9.47 Å². The second kappa shape index (κ2) is 9.03. The molecule has 2 N–H and O–H groups in total. The summed E-state index contributed by atoms with van der Waals surface area (Å²) in [7, 11) is 0. The van der Waals surface area contributed by atoms with Crippen molar-refractivity contribution in [2.75, 3.05) is 0 Å². The zero-order chi connectivity index (χ0) is 20.0. The van der Waals surface area contributed by atoms with Crippen molar-refractivity contribution in [2.24, 2.45) is 0 Å². The molecule has 0 heterocycles. The van der Waals surface area contributed by atoms with Gasteiger partial charge in [-0.2, -0.15) is 0 Å². The van der Waals surface area contributed by atoms with Gasteiger partial charge in [-0.3, -0.25) is 9.59 Å². The van der Waals surface area contributed by atoms with Crippen LogP contribution in [0.4, 0.5) is 0 Å². The maximum atomic E-state index is 12.5. The fourth-order valence-corrected chi connectivity index (χ4v) is 2.22. The van der Waals surface area contributed by atoms with Crippen LogP contribution in [0.15, 0.2) is 24.3 Å². The van der Waals surface area contributed by atoms with Crippen LogP contribution in [0.3, 0.4) is 0 Å². The minimum atomic E-state index is -0.679. The van der Waals surface area contributed by atoms with Crippen LogP contribution in [0.5, 0.6) is 5.75 Å². The number of phenolic OH excluding ortho intramolecular Hbond substituents is 1. The minimum Gasteiger partial charge on any atom is -0.508 e. The Labute approximate surface area is 155 Å². The van der Waals surface area contributed by atoms with Gasteiger partial charge in [-0.25, -0.2) is 0 Å². The van der Waals surface area contributed by atoms with Crippen molar-refractivity contribution in [3.8, 4) is 5.75 Å². The first-order chi connectivity index (χ1) is 11.9. The van der Waals surface area contributed by atoms with E-state index in [1.54, 1.807) is 65.8 Å². The highest BCUT2D eigenvalue weighted by molar-refractivity contribution is 5.77. The Hall–Kier alpha value is -2.08. The van der Waals surface area contributed by atoms with E-state index in [2.05, 4.69) is 5.32 Å². The molecule has 0 spiro atoms. The minimum absolute atomic E-state index is 0.0922. The van der Waals surface area contributed by atoms with Gasteiger partial charge in [-0.05, 0) is 54.0 Å². The molecular formula is C20H31NO5. The van der Waals surface area contributed by atoms with Gasteiger partial charge in [-0.15, -0.1) is 0 Å². The molecule has 0 saturated heterocycles. The Morgan fingerprint density at radius 3 is 2.15 bits per heavy atom. The number of hydrogen-bond acceptors (Lipinski definition) is 6. The molecule has 1 aromatic carbocycles. The third-order valence-electron chi connectivity index (χ3n) is 3.28. The molecule has 0 bridgehead atoms. The zero-order valence-corrected chi connectivity index (χ0v) is 16.6. The van der Waals surface area contributed by atoms with Crippen molar-refractivity contribution in [1.29, 1.82) is 0 Å². The molecule has 26 heavy (non-hydrogen) atoms. The maximum Gasteiger partial charge on any atom is 0.323 e. The summed E-state index contributed by atoms with van der Waals surface area (Å²) in [4.78, 5) is 24.4. The summed E-state index contributed by atoms with van der Waals surface area (Å²) in [6.45, 7) is 11.0. The van der Waals surface area contributed by atoms with E-state index in [1.165, 1.54) is 0 Å². The van der Waals surface area contributed by atoms with Gasteiger partial charge in [0, 0.05) is 18.5 Å². The molecule has 0 aliphatic heterocycles. The molecule has 0 amide bonds. The quantitative estimate of drug-likeness (QED) is 0.721. The largest absolute Gasteiger partial charge is 0.508 e. The smallest absolute Gasteiger partial charge is 0.323 e. The molecule has 146 valence electrons. The van der Waals surface area contributed by atoms with E-state index in [1.807, 2.05) is 0 Å². The molecule has 0 aliphatic carbocycles. The number of carbonyl (C=O) groups excluding carboxylic acids is 2. The van der Waals surface area contributed by atoms with Crippen LogP contribution >= 0.6 is 0 Å². The highest BCUT2D eigenvalue weighted by Crippen LogP contribution is 2.17. The van der Waals surface area contributed by atoms with Gasteiger partial charge < -0.3 is 19.9 Å². The molecular weight excluding hydrogens is 334 g/mol. The van der Waals surface area contributed by atoms with Gasteiger partial charge >= 0.3 is 11.9 Å². The summed E-state index contributed by atoms with van der Waals surface area (Å²) >= 11 is 0. The van der Waals surface area contributed by atoms with Crippen molar-refractivity contribution >= 4 is 11.9 Å². The normalized spacial score (nSPS) is 13.2. The number of nitrogens with one attached hydrogen (secondary N) is 1. The van der Waals surface area contributed by atoms with Crippen molar-refractivity contribution in [3.63, 3.8) is 0 Å². The van der Waals surface area contributed by atoms with E-state index in [0.717, 1.165) is 0 Å². The maximum absolute atomic E-state index is 12.5. The van der Waals surface area contributed by atoms with Crippen molar-refractivity contribution in [2.45, 2.75) is 78.2 Å². The first-order valence-electron chi connectivity index (χ1n) is 8.82. The van der Waals surface area contributed by atoms with E-state index in [-0.39, 0.29) is 31.1 Å². The number of benzene rings is 1. The SMILES string of the molecule is CC(C)(C)OC(=O)CC[C@H](NCc1ccccc1O)C(=O)OC(C)(C)C. The van der Waals surface area contributed by atoms with E-state index >= 15 is 0 Å². The van der Waals surface area contributed by atoms with Crippen LogP contribution in [0.25, 0.3) is 0 Å². The first kappa shape index (κ1) is 22.0. The lowest BCUT2D eigenvalue weighted by atomic mass is 10.1. The highest BCUT2D eigenvalue weighted by atomic mass is 16.6. The average molecular weight is 365 g/mol. The van der Waals surface area contributed by atoms with E-state index in [0.29, 0.717) is 5.56 Å². The highest BCUT2D eigenvalue weighted by Gasteiger charge is 2.26. The fourth-order valence-electron chi connectivity index (χ4n) is 2.22. The van der Waals surface area contributed by atoms with Crippen LogP contribution in [-0.4, -0.2) is 34.3 Å². The van der Waals surface area contributed by atoms with Crippen LogP contribution in [0.2, 0.25) is 0 Å². The molecule has 0 radical (unpaired) electrons. The number of hydrogen-bond donors (Lipinski definition) is 2. The molecule has 0 aliphatic rings. The zero-order valence-electron chi connectivity index (χ0n) is 16.6. The van der Waals surface area contributed by atoms with Crippen LogP contribution < -0.4 is 5.32 Å². The summed E-state index contributed by atoms with van der Waals surface area (Å²) in [5.74, 6) is -0.651. The number of ether oxygens (including phenoxy) is 2. The average Bonchev–Trinajstić information content (AvgIpc) is 2.45. The number of esters is 2. The van der Waals surface area contributed by atoms with Crippen LogP contribution in [0.1, 0.15) is 59.9 Å². The van der Waals surface area contributed by atoms with Gasteiger partial charge in [0.15, 0.2) is 0 Å². The molecule has 1 atom stereocenters. The second-order valence-electron chi connectivity index (χ2n) is 8.22. The Kier molecular flexibility index (Phi) is 7.63. The molecule has 0 aromatic heterocycles. The van der Waals surface area contributed by atoms with E-state index < -0.39 is 23.2 Å². The Balaban J connectivity index is 2.74. The van der Waals surface area contributed by atoms with Gasteiger partial charge in [0.05, 0.1) is 0 Å². The summed E-state index contributed by atoms with van der Waals surface area (Å²) in [5, 5.41) is 12.9. The molecule has 1 rings (SSSR count). The van der Waals surface area contributed by atoms with E-state index in [9.17, 15) is 14.7 Å². The molecule has 0 unspecified atom stereocenters. The van der Waals surface area contributed by atoms with Gasteiger partial charge in [0.1, 0.15) is 23.0 Å². The third kappa shape index (κ3) is 8.85. The third-order valence-corrected chi connectivity index (χ3v) is 3.28. The predicted octanol–water partition coefficient (Wildman–Crippen LogP) is 3.31. The van der Waals surface area contributed by atoms with Gasteiger partial charge in [0.2, 0.25) is 0 Å². The Bertz CT molecular complexity index is 613. The monoisotopic (exact) mass is 365 g/mol. The number of para-hydroxylation sites is 1. The predicted molar refractivity (Wildman–Crippen MR) is 99.7 cm³/mol. The number of aromatic hydroxyl groups is 1. The summed E-state index contributed by atoms with van der Waals surface area (Å²) in [6.07, 6.45) is 0.340. The summed E-state index contributed by atoms with van der Waals surface area (Å²) < 4.78 is 10.7. The van der Waals surface area contributed by atoms with Crippen LogP contribution in [-0.2, 0) is 25.6 Å². The summed E-state index contributed by atoms with van der Waals surface area (Å²) in [5.41, 5.74) is -0.530. The molecule has 0 saturated carbocycles. The van der Waals surface area contributed by atoms with Crippen LogP contribution in [0, 0.1) is 0 Å². The Morgan fingerprint density at radius 1 is 1.04 bits per heavy atom. The number of phenols is 1. The topological polar surface area (TPSA) is 84.9 Å². The molecule has 6 heteroatoms.